The molecule has 0 aliphatic carbocycles. The molecule has 0 fully saturated rings. The van der Waals surface area contributed by atoms with E-state index in [-0.39, 0.29) is 0 Å². The fourth-order valence-corrected chi connectivity index (χ4v) is 1.99. The van der Waals surface area contributed by atoms with E-state index in [1.807, 2.05) is 30.5 Å². The van der Waals surface area contributed by atoms with E-state index >= 15 is 0 Å². The maximum absolute atomic E-state index is 9.07. The maximum atomic E-state index is 9.07. The summed E-state index contributed by atoms with van der Waals surface area (Å²) >= 11 is 1.67. The van der Waals surface area contributed by atoms with E-state index in [1.165, 1.54) is 4.90 Å². The number of nitriles is 1. The average Bonchev–Trinajstić information content (AvgIpc) is 2.48. The van der Waals surface area contributed by atoms with Crippen molar-refractivity contribution in [3.8, 4) is 23.3 Å². The third-order valence-corrected chi connectivity index (χ3v) is 3.34. The summed E-state index contributed by atoms with van der Waals surface area (Å²) < 4.78 is 10.9. The second-order valence-corrected chi connectivity index (χ2v) is 4.63. The molecule has 96 valence electrons. The summed E-state index contributed by atoms with van der Waals surface area (Å²) in [5.41, 5.74) is 0.481. The highest BCUT2D eigenvalue weighted by atomic mass is 32.2. The second-order valence-electron chi connectivity index (χ2n) is 3.75. The van der Waals surface area contributed by atoms with Gasteiger partial charge in [-0.2, -0.15) is 5.26 Å². The van der Waals surface area contributed by atoms with E-state index in [0.29, 0.717) is 22.8 Å². The number of methoxy groups -OCH3 is 1. The fraction of sp³-hybridized carbons (Fsp3) is 0.133. The Balaban J connectivity index is 2.28. The normalized spacial score (nSPS) is 9.74. The van der Waals surface area contributed by atoms with Crippen LogP contribution in [0.3, 0.4) is 0 Å². The van der Waals surface area contributed by atoms with Crippen LogP contribution in [0, 0.1) is 11.3 Å². The van der Waals surface area contributed by atoms with Gasteiger partial charge in [0.25, 0.3) is 0 Å². The van der Waals surface area contributed by atoms with E-state index in [2.05, 4.69) is 6.07 Å². The molecule has 0 N–H and O–H groups in total. The van der Waals surface area contributed by atoms with Gasteiger partial charge >= 0.3 is 0 Å². The van der Waals surface area contributed by atoms with Crippen LogP contribution in [0.25, 0.3) is 0 Å². The number of benzene rings is 2. The van der Waals surface area contributed by atoms with Gasteiger partial charge in [-0.25, -0.2) is 0 Å². The summed E-state index contributed by atoms with van der Waals surface area (Å²) in [6.07, 6.45) is 2.02. The number of thioether (sulfide) groups is 1. The molecule has 0 aromatic heterocycles. The number of hydrogen-bond acceptors (Lipinski definition) is 4. The number of nitrogens with zero attached hydrogens (tertiary/aromatic N) is 1. The van der Waals surface area contributed by atoms with Gasteiger partial charge in [-0.15, -0.1) is 11.8 Å². The van der Waals surface area contributed by atoms with Crippen LogP contribution in [0.4, 0.5) is 0 Å². The van der Waals surface area contributed by atoms with Gasteiger partial charge in [-0.05, 0) is 42.7 Å². The zero-order chi connectivity index (χ0) is 13.7. The first kappa shape index (κ1) is 13.3. The Bertz CT molecular complexity index is 603. The zero-order valence-corrected chi connectivity index (χ0v) is 11.5. The van der Waals surface area contributed by atoms with Crippen molar-refractivity contribution in [2.75, 3.05) is 13.4 Å². The van der Waals surface area contributed by atoms with Gasteiger partial charge < -0.3 is 9.47 Å². The van der Waals surface area contributed by atoms with Crippen LogP contribution in [-0.2, 0) is 0 Å². The lowest BCUT2D eigenvalue weighted by Gasteiger charge is -2.09. The minimum absolute atomic E-state index is 0.481. The van der Waals surface area contributed by atoms with Gasteiger partial charge in [0.1, 0.15) is 23.3 Å². The molecule has 2 rings (SSSR count). The Kier molecular flexibility index (Phi) is 4.32. The lowest BCUT2D eigenvalue weighted by atomic mass is 10.2. The Morgan fingerprint density at radius 1 is 1.05 bits per heavy atom. The van der Waals surface area contributed by atoms with Crippen LogP contribution in [-0.4, -0.2) is 13.4 Å². The summed E-state index contributed by atoms with van der Waals surface area (Å²) in [5.74, 6) is 1.86. The first-order valence-electron chi connectivity index (χ1n) is 5.67. The summed E-state index contributed by atoms with van der Waals surface area (Å²) in [4.78, 5) is 1.17. The van der Waals surface area contributed by atoms with Gasteiger partial charge in [0.05, 0.1) is 12.7 Å². The first-order chi connectivity index (χ1) is 9.26. The topological polar surface area (TPSA) is 42.2 Å². The van der Waals surface area contributed by atoms with E-state index in [0.717, 1.165) is 0 Å². The number of rotatable bonds is 4. The van der Waals surface area contributed by atoms with Crippen molar-refractivity contribution in [3.05, 3.63) is 48.0 Å². The quantitative estimate of drug-likeness (QED) is 0.786. The van der Waals surface area contributed by atoms with Crippen LogP contribution >= 0.6 is 11.8 Å². The Morgan fingerprint density at radius 2 is 1.74 bits per heavy atom. The zero-order valence-electron chi connectivity index (χ0n) is 10.7. The van der Waals surface area contributed by atoms with Gasteiger partial charge in [-0.3, -0.25) is 0 Å². The van der Waals surface area contributed by atoms with E-state index in [9.17, 15) is 0 Å². The molecular weight excluding hydrogens is 258 g/mol. The van der Waals surface area contributed by atoms with Crippen molar-refractivity contribution in [3.63, 3.8) is 0 Å². The molecule has 0 heterocycles. The predicted octanol–water partition coefficient (Wildman–Crippen LogP) is 4.08. The molecule has 19 heavy (non-hydrogen) atoms. The highest BCUT2D eigenvalue weighted by Crippen LogP contribution is 2.29. The average molecular weight is 271 g/mol. The van der Waals surface area contributed by atoms with Crippen molar-refractivity contribution in [1.82, 2.24) is 0 Å². The summed E-state index contributed by atoms with van der Waals surface area (Å²) in [6, 6.07) is 15.0. The minimum Gasteiger partial charge on any atom is -0.497 e. The van der Waals surface area contributed by atoms with Gasteiger partial charge in [0.15, 0.2) is 0 Å². The monoisotopic (exact) mass is 271 g/mol. The van der Waals surface area contributed by atoms with Crippen molar-refractivity contribution >= 4 is 11.8 Å². The summed E-state index contributed by atoms with van der Waals surface area (Å²) in [6.45, 7) is 0. The molecule has 0 unspecified atom stereocenters. The van der Waals surface area contributed by atoms with E-state index < -0.39 is 0 Å². The van der Waals surface area contributed by atoms with Gasteiger partial charge in [0.2, 0.25) is 0 Å². The second kappa shape index (κ2) is 6.17. The SMILES string of the molecule is COc1ccc(C#N)c(Oc2ccc(SC)cc2)c1. The standard InChI is InChI=1S/C15H13NO2S/c1-17-13-4-3-11(10-16)15(9-13)18-12-5-7-14(19-2)8-6-12/h3-9H,1-2H3. The van der Waals surface area contributed by atoms with Crippen molar-refractivity contribution in [1.29, 1.82) is 5.26 Å². The van der Waals surface area contributed by atoms with Gasteiger partial charge in [0, 0.05) is 11.0 Å². The summed E-state index contributed by atoms with van der Waals surface area (Å²) in [7, 11) is 1.58. The van der Waals surface area contributed by atoms with Crippen molar-refractivity contribution < 1.29 is 9.47 Å². The van der Waals surface area contributed by atoms with E-state index in [1.54, 1.807) is 37.1 Å². The molecule has 2 aromatic carbocycles. The Labute approximate surface area is 116 Å². The molecule has 0 radical (unpaired) electrons. The van der Waals surface area contributed by atoms with Crippen LogP contribution in [0.1, 0.15) is 5.56 Å². The maximum Gasteiger partial charge on any atom is 0.148 e. The lowest BCUT2D eigenvalue weighted by molar-refractivity contribution is 0.409. The Hall–Kier alpha value is -2.12. The lowest BCUT2D eigenvalue weighted by Crippen LogP contribution is -1.90. The molecule has 4 heteroatoms. The fourth-order valence-electron chi connectivity index (χ4n) is 1.58. The van der Waals surface area contributed by atoms with Crippen LogP contribution in [0.2, 0.25) is 0 Å². The predicted molar refractivity (Wildman–Crippen MR) is 76.0 cm³/mol. The highest BCUT2D eigenvalue weighted by molar-refractivity contribution is 7.98. The number of ether oxygens (including phenoxy) is 2. The van der Waals surface area contributed by atoms with Crippen molar-refractivity contribution in [2.24, 2.45) is 0 Å². The van der Waals surface area contributed by atoms with Crippen molar-refractivity contribution in [2.45, 2.75) is 4.90 Å². The van der Waals surface area contributed by atoms with E-state index in [4.69, 9.17) is 14.7 Å². The van der Waals surface area contributed by atoms with Crippen LogP contribution < -0.4 is 9.47 Å². The number of hydrogen-bond donors (Lipinski definition) is 0. The molecule has 0 bridgehead atoms. The molecular formula is C15H13NO2S. The highest BCUT2D eigenvalue weighted by Gasteiger charge is 2.06. The molecule has 0 amide bonds. The van der Waals surface area contributed by atoms with Crippen LogP contribution in [0.5, 0.6) is 17.2 Å². The molecule has 0 saturated carbocycles. The molecule has 0 aliphatic rings. The molecule has 3 nitrogen and oxygen atoms in total. The third kappa shape index (κ3) is 3.21. The molecule has 0 saturated heterocycles. The molecule has 0 atom stereocenters. The molecule has 2 aromatic rings. The molecule has 0 spiro atoms. The third-order valence-electron chi connectivity index (χ3n) is 2.60. The largest absolute Gasteiger partial charge is 0.497 e. The smallest absolute Gasteiger partial charge is 0.148 e. The summed E-state index contributed by atoms with van der Waals surface area (Å²) in [5, 5.41) is 9.07. The molecule has 0 aliphatic heterocycles. The van der Waals surface area contributed by atoms with Crippen LogP contribution in [0.15, 0.2) is 47.4 Å². The first-order valence-corrected chi connectivity index (χ1v) is 6.89. The van der Waals surface area contributed by atoms with Gasteiger partial charge in [-0.1, -0.05) is 0 Å². The minimum atomic E-state index is 0.481. The Morgan fingerprint density at radius 3 is 2.32 bits per heavy atom.